The van der Waals surface area contributed by atoms with Crippen LogP contribution in [-0.2, 0) is 24.4 Å². The minimum atomic E-state index is -0.335. The lowest BCUT2D eigenvalue weighted by Gasteiger charge is -2.35. The number of halogens is 1. The number of nitrogens with two attached hydrogens (primary N) is 1. The van der Waals surface area contributed by atoms with Crippen molar-refractivity contribution < 1.29 is 9.18 Å². The molecule has 2 heterocycles. The van der Waals surface area contributed by atoms with Gasteiger partial charge in [0.15, 0.2) is 4.77 Å². The Morgan fingerprint density at radius 1 is 1.21 bits per heavy atom. The fourth-order valence-electron chi connectivity index (χ4n) is 3.54. The Bertz CT molecular complexity index is 883. The lowest BCUT2D eigenvalue weighted by Crippen LogP contribution is -2.47. The number of carbonyl (C=O) groups is 1. The molecule has 1 amide bonds. The van der Waals surface area contributed by atoms with Gasteiger partial charge in [-0.1, -0.05) is 13.8 Å². The van der Waals surface area contributed by atoms with Gasteiger partial charge in [0.2, 0.25) is 5.91 Å². The van der Waals surface area contributed by atoms with Crippen molar-refractivity contribution in [2.45, 2.75) is 39.9 Å². The molecule has 0 radical (unpaired) electrons. The van der Waals surface area contributed by atoms with Crippen molar-refractivity contribution in [3.05, 3.63) is 40.7 Å². The number of rotatable bonds is 8. The molecular formula is C20H29FN6OS. The summed E-state index contributed by atoms with van der Waals surface area (Å²) in [6.07, 6.45) is 0.761. The Balaban J connectivity index is 1.66. The number of aromatic nitrogens is 3. The topological polar surface area (TPSA) is 72.3 Å². The van der Waals surface area contributed by atoms with Crippen LogP contribution < -0.4 is 10.6 Å². The second-order valence-corrected chi connectivity index (χ2v) is 8.26. The van der Waals surface area contributed by atoms with Crippen LogP contribution in [0, 0.1) is 16.5 Å². The zero-order chi connectivity index (χ0) is 21.0. The van der Waals surface area contributed by atoms with Crippen LogP contribution in [-0.4, -0.2) is 51.3 Å². The largest absolute Gasteiger partial charge is 0.370 e. The monoisotopic (exact) mass is 420 g/mol. The van der Waals surface area contributed by atoms with E-state index in [0.717, 1.165) is 44.2 Å². The molecule has 1 aliphatic heterocycles. The molecule has 0 aliphatic carbocycles. The normalized spacial score (nSPS) is 15.2. The van der Waals surface area contributed by atoms with Crippen LogP contribution in [0.25, 0.3) is 0 Å². The van der Waals surface area contributed by atoms with E-state index in [9.17, 15) is 9.18 Å². The van der Waals surface area contributed by atoms with Crippen LogP contribution in [0.15, 0.2) is 24.3 Å². The molecule has 2 aromatic rings. The van der Waals surface area contributed by atoms with E-state index in [2.05, 4.69) is 28.7 Å². The summed E-state index contributed by atoms with van der Waals surface area (Å²) in [4.78, 5) is 15.8. The molecule has 9 heteroatoms. The molecule has 1 aromatic carbocycles. The predicted molar refractivity (Wildman–Crippen MR) is 114 cm³/mol. The Hall–Kier alpha value is -2.26. The molecule has 0 unspecified atom stereocenters. The number of amides is 1. The number of anilines is 1. The van der Waals surface area contributed by atoms with Crippen molar-refractivity contribution in [2.24, 2.45) is 11.7 Å². The summed E-state index contributed by atoms with van der Waals surface area (Å²) < 4.78 is 17.7. The minimum Gasteiger partial charge on any atom is -0.370 e. The summed E-state index contributed by atoms with van der Waals surface area (Å²) in [5, 5.41) is 4.69. The fourth-order valence-corrected chi connectivity index (χ4v) is 3.81. The van der Waals surface area contributed by atoms with E-state index in [0.29, 0.717) is 23.8 Å². The van der Waals surface area contributed by atoms with E-state index < -0.39 is 0 Å². The summed E-state index contributed by atoms with van der Waals surface area (Å²) in [6, 6.07) is 6.63. The van der Waals surface area contributed by atoms with Gasteiger partial charge in [0.05, 0.1) is 6.67 Å². The maximum Gasteiger partial charge on any atom is 0.217 e. The van der Waals surface area contributed by atoms with Gasteiger partial charge in [0.1, 0.15) is 11.6 Å². The standard InChI is InChI=1S/C20H29FN6OS/c1-15(2)13-26-19(8-7-18(22)28)23-27(20(26)29)14-24-9-11-25(12-10-24)17-5-3-16(21)4-6-17/h3-6,15H,7-14H2,1-2H3,(H2,22,28). The van der Waals surface area contributed by atoms with E-state index in [1.165, 1.54) is 12.1 Å². The van der Waals surface area contributed by atoms with Crippen LogP contribution in [0.1, 0.15) is 26.1 Å². The Labute approximate surface area is 175 Å². The van der Waals surface area contributed by atoms with E-state index in [1.807, 2.05) is 21.4 Å². The van der Waals surface area contributed by atoms with Gasteiger partial charge in [-0.2, -0.15) is 5.10 Å². The number of benzene rings is 1. The van der Waals surface area contributed by atoms with Crippen LogP contribution >= 0.6 is 12.2 Å². The summed E-state index contributed by atoms with van der Waals surface area (Å²) in [5.41, 5.74) is 6.35. The molecule has 0 bridgehead atoms. The highest BCUT2D eigenvalue weighted by atomic mass is 32.1. The van der Waals surface area contributed by atoms with Crippen molar-refractivity contribution in [1.29, 1.82) is 0 Å². The zero-order valence-corrected chi connectivity index (χ0v) is 17.9. The average molecular weight is 421 g/mol. The highest BCUT2D eigenvalue weighted by molar-refractivity contribution is 7.71. The number of nitrogens with zero attached hydrogens (tertiary/aromatic N) is 5. The van der Waals surface area contributed by atoms with Gasteiger partial charge in [-0.05, 0) is 42.4 Å². The first-order valence-electron chi connectivity index (χ1n) is 10.0. The van der Waals surface area contributed by atoms with E-state index >= 15 is 0 Å². The Morgan fingerprint density at radius 3 is 2.45 bits per heavy atom. The van der Waals surface area contributed by atoms with Crippen molar-refractivity contribution in [3.63, 3.8) is 0 Å². The third kappa shape index (κ3) is 5.63. The number of aryl methyl sites for hydroxylation is 1. The van der Waals surface area contributed by atoms with Crippen molar-refractivity contribution >= 4 is 23.8 Å². The van der Waals surface area contributed by atoms with Crippen molar-refractivity contribution in [1.82, 2.24) is 19.2 Å². The molecule has 1 aliphatic rings. The molecule has 3 rings (SSSR count). The van der Waals surface area contributed by atoms with Crippen molar-refractivity contribution in [3.8, 4) is 0 Å². The highest BCUT2D eigenvalue weighted by Crippen LogP contribution is 2.17. The molecule has 7 nitrogen and oxygen atoms in total. The molecule has 29 heavy (non-hydrogen) atoms. The lowest BCUT2D eigenvalue weighted by atomic mass is 10.2. The predicted octanol–water partition coefficient (Wildman–Crippen LogP) is 2.41. The minimum absolute atomic E-state index is 0.217. The van der Waals surface area contributed by atoms with Crippen LogP contribution in [0.4, 0.5) is 10.1 Å². The first-order valence-corrected chi connectivity index (χ1v) is 10.4. The van der Waals surface area contributed by atoms with Gasteiger partial charge < -0.3 is 15.2 Å². The lowest BCUT2D eigenvalue weighted by molar-refractivity contribution is -0.118. The van der Waals surface area contributed by atoms with E-state index in [4.69, 9.17) is 18.0 Å². The van der Waals surface area contributed by atoms with E-state index in [1.54, 1.807) is 0 Å². The molecule has 1 saturated heterocycles. The highest BCUT2D eigenvalue weighted by Gasteiger charge is 2.20. The average Bonchev–Trinajstić information content (AvgIpc) is 2.96. The summed E-state index contributed by atoms with van der Waals surface area (Å²) in [7, 11) is 0. The maximum absolute atomic E-state index is 13.1. The molecule has 158 valence electrons. The first-order chi connectivity index (χ1) is 13.8. The molecule has 2 N–H and O–H groups in total. The smallest absolute Gasteiger partial charge is 0.217 e. The van der Waals surface area contributed by atoms with Gasteiger partial charge in [0.25, 0.3) is 0 Å². The number of hydrogen-bond donors (Lipinski definition) is 1. The van der Waals surface area contributed by atoms with Crippen LogP contribution in [0.2, 0.25) is 0 Å². The molecule has 1 aromatic heterocycles. The molecule has 0 spiro atoms. The Morgan fingerprint density at radius 2 is 1.86 bits per heavy atom. The maximum atomic E-state index is 13.1. The summed E-state index contributed by atoms with van der Waals surface area (Å²) >= 11 is 5.67. The zero-order valence-electron chi connectivity index (χ0n) is 17.1. The number of piperazine rings is 1. The van der Waals surface area contributed by atoms with Gasteiger partial charge in [0, 0.05) is 51.3 Å². The van der Waals surface area contributed by atoms with Gasteiger partial charge in [-0.3, -0.25) is 9.69 Å². The number of primary amides is 1. The third-order valence-corrected chi connectivity index (χ3v) is 5.47. The van der Waals surface area contributed by atoms with Gasteiger partial charge in [-0.15, -0.1) is 0 Å². The third-order valence-electron chi connectivity index (χ3n) is 5.04. The second kappa shape index (κ2) is 9.49. The molecule has 0 saturated carbocycles. The van der Waals surface area contributed by atoms with Crippen molar-refractivity contribution in [2.75, 3.05) is 31.1 Å². The number of carbonyl (C=O) groups excluding carboxylic acids is 1. The number of hydrogen-bond acceptors (Lipinski definition) is 5. The molecular weight excluding hydrogens is 391 g/mol. The Kier molecular flexibility index (Phi) is 7.02. The fraction of sp³-hybridized carbons (Fsp3) is 0.550. The summed E-state index contributed by atoms with van der Waals surface area (Å²) in [6.45, 7) is 9.10. The second-order valence-electron chi connectivity index (χ2n) is 7.89. The van der Waals surface area contributed by atoms with Crippen LogP contribution in [0.3, 0.4) is 0 Å². The quantitative estimate of drug-likeness (QED) is 0.664. The van der Waals surface area contributed by atoms with Gasteiger partial charge in [-0.25, -0.2) is 9.07 Å². The first kappa shape index (κ1) is 21.4. The van der Waals surface area contributed by atoms with E-state index in [-0.39, 0.29) is 18.1 Å². The molecule has 0 atom stereocenters. The summed E-state index contributed by atoms with van der Waals surface area (Å²) in [5.74, 6) is 0.683. The van der Waals surface area contributed by atoms with Crippen LogP contribution in [0.5, 0.6) is 0 Å². The SMILES string of the molecule is CC(C)Cn1c(CCC(N)=O)nn(CN2CCN(c3ccc(F)cc3)CC2)c1=S. The molecule has 1 fully saturated rings. The van der Waals surface area contributed by atoms with Gasteiger partial charge >= 0.3 is 0 Å².